The van der Waals surface area contributed by atoms with E-state index in [2.05, 4.69) is 73.5 Å². The van der Waals surface area contributed by atoms with E-state index in [0.29, 0.717) is 30.1 Å². The van der Waals surface area contributed by atoms with Crippen molar-refractivity contribution in [2.75, 3.05) is 20.6 Å². The molecule has 2 aromatic rings. The number of hydrogen-bond donors (Lipinski definition) is 4. The summed E-state index contributed by atoms with van der Waals surface area (Å²) in [5.74, 6) is 1.81. The second-order valence-corrected chi connectivity index (χ2v) is 12.9. The summed E-state index contributed by atoms with van der Waals surface area (Å²) in [7, 11) is 3.53. The van der Waals surface area contributed by atoms with Crippen molar-refractivity contribution in [3.63, 3.8) is 0 Å². The van der Waals surface area contributed by atoms with Gasteiger partial charge in [-0.15, -0.1) is 0 Å². The molecule has 1 aliphatic heterocycles. The van der Waals surface area contributed by atoms with E-state index in [1.165, 1.54) is 5.57 Å². The zero-order valence-electron chi connectivity index (χ0n) is 30.1. The lowest BCUT2D eigenvalue weighted by Gasteiger charge is -2.37. The summed E-state index contributed by atoms with van der Waals surface area (Å²) in [6, 6.07) is 8.05. The van der Waals surface area contributed by atoms with Gasteiger partial charge in [-0.1, -0.05) is 52.0 Å². The SMILES string of the molecule is C=C(NC)/C(=C/C1=C(C)C(CC(C)NCC(=O)N2C(C#N)CC3CC32)(c2n[nH]c(CC)n2)c2ccc(C(=O)NC)cc2CC1)CC.CC. The van der Waals surface area contributed by atoms with Gasteiger partial charge in [0.1, 0.15) is 11.9 Å². The van der Waals surface area contributed by atoms with Crippen LogP contribution in [0.3, 0.4) is 0 Å². The molecule has 5 unspecified atom stereocenters. The maximum Gasteiger partial charge on any atom is 0.251 e. The van der Waals surface area contributed by atoms with E-state index in [1.807, 2.05) is 33.0 Å². The number of likely N-dealkylation sites (tertiary alicyclic amines) is 1. The van der Waals surface area contributed by atoms with Gasteiger partial charge in [-0.05, 0) is 92.7 Å². The quantitative estimate of drug-likeness (QED) is 0.229. The molecule has 2 fully saturated rings. The molecule has 0 spiro atoms. The standard InChI is InChI=1S/C36H48N8O2.C2H6/c1-8-24(23(5)38-6)14-25-10-11-26-15-27(34(46)39-7)12-13-30(26)36(22(25)4,35-41-32(9-2)42-43-35)18-21(3)40-20-33(45)44-29(19-37)16-28-17-31(28)44;1-2/h12-15,21,28-29,31,38,40H,5,8-11,16-18,20H2,1-4,6-7H3,(H,39,46)(H,41,42,43);1-2H3/b24-14+;. The highest BCUT2D eigenvalue weighted by Crippen LogP contribution is 2.49. The largest absolute Gasteiger partial charge is 0.388 e. The number of nitriles is 1. The molecule has 1 aromatic carbocycles. The molecule has 2 aliphatic carbocycles. The lowest BCUT2D eigenvalue weighted by atomic mass is 9.67. The molecule has 0 bridgehead atoms. The van der Waals surface area contributed by atoms with Crippen LogP contribution >= 0.6 is 0 Å². The van der Waals surface area contributed by atoms with Crippen LogP contribution in [0.5, 0.6) is 0 Å². The van der Waals surface area contributed by atoms with Crippen molar-refractivity contribution in [2.24, 2.45) is 5.92 Å². The first kappa shape index (κ1) is 36.6. The first-order valence-electron chi connectivity index (χ1n) is 17.6. The molecule has 2 heterocycles. The third kappa shape index (κ3) is 7.12. The molecule has 5 rings (SSSR count). The summed E-state index contributed by atoms with van der Waals surface area (Å²) >= 11 is 0. The topological polar surface area (TPSA) is 139 Å². The molecule has 10 nitrogen and oxygen atoms in total. The Morgan fingerprint density at radius 3 is 2.58 bits per heavy atom. The summed E-state index contributed by atoms with van der Waals surface area (Å²) in [5, 5.41) is 27.1. The van der Waals surface area contributed by atoms with Crippen LogP contribution in [0, 0.1) is 17.2 Å². The van der Waals surface area contributed by atoms with E-state index >= 15 is 0 Å². The van der Waals surface area contributed by atoms with Crippen LogP contribution in [0.2, 0.25) is 0 Å². The number of amides is 2. The minimum Gasteiger partial charge on any atom is -0.388 e. The zero-order chi connectivity index (χ0) is 35.2. The summed E-state index contributed by atoms with van der Waals surface area (Å²) in [5.41, 5.74) is 6.34. The minimum absolute atomic E-state index is 0.0193. The number of nitrogens with zero attached hydrogens (tertiary/aromatic N) is 4. The Bertz CT molecular complexity index is 1610. The molecule has 258 valence electrons. The number of nitrogens with one attached hydrogen (secondary N) is 4. The minimum atomic E-state index is -0.747. The van der Waals surface area contributed by atoms with Crippen LogP contribution in [0.4, 0.5) is 0 Å². The number of rotatable bonds is 12. The Balaban J connectivity index is 0.00000255. The fraction of sp³-hybridized carbons (Fsp3) is 0.553. The van der Waals surface area contributed by atoms with Crippen molar-refractivity contribution in [3.05, 3.63) is 81.6 Å². The number of fused-ring (bicyclic) bond motifs is 2. The third-order valence-electron chi connectivity index (χ3n) is 10.3. The predicted octanol–water partition coefficient (Wildman–Crippen LogP) is 5.25. The number of carbonyl (C=O) groups excluding carboxylic acids is 2. The van der Waals surface area contributed by atoms with Gasteiger partial charge in [0, 0.05) is 43.9 Å². The highest BCUT2D eigenvalue weighted by Gasteiger charge is 2.54. The lowest BCUT2D eigenvalue weighted by Crippen LogP contribution is -2.46. The lowest BCUT2D eigenvalue weighted by molar-refractivity contribution is -0.131. The summed E-state index contributed by atoms with van der Waals surface area (Å²) in [6.45, 7) is 16.9. The number of aryl methyl sites for hydroxylation is 2. The highest BCUT2D eigenvalue weighted by molar-refractivity contribution is 5.94. The molecule has 1 saturated heterocycles. The number of allylic oxidation sites excluding steroid dienone is 4. The van der Waals surface area contributed by atoms with Gasteiger partial charge >= 0.3 is 0 Å². The van der Waals surface area contributed by atoms with Crippen LogP contribution < -0.4 is 16.0 Å². The van der Waals surface area contributed by atoms with Gasteiger partial charge in [-0.3, -0.25) is 14.7 Å². The number of carbonyl (C=O) groups is 2. The van der Waals surface area contributed by atoms with E-state index in [0.717, 1.165) is 65.9 Å². The average Bonchev–Trinajstić information content (AvgIpc) is 3.55. The van der Waals surface area contributed by atoms with Gasteiger partial charge in [0.05, 0.1) is 18.0 Å². The Hall–Kier alpha value is -4.23. The molecule has 3 aliphatic rings. The molecule has 5 atom stereocenters. The Labute approximate surface area is 286 Å². The van der Waals surface area contributed by atoms with Crippen molar-refractivity contribution in [1.82, 2.24) is 36.0 Å². The van der Waals surface area contributed by atoms with E-state index < -0.39 is 5.41 Å². The molecule has 1 saturated carbocycles. The van der Waals surface area contributed by atoms with Crippen LogP contribution in [0.15, 0.2) is 53.3 Å². The summed E-state index contributed by atoms with van der Waals surface area (Å²) < 4.78 is 0. The highest BCUT2D eigenvalue weighted by atomic mass is 16.2. The molecule has 1 aromatic heterocycles. The van der Waals surface area contributed by atoms with Gasteiger partial charge in [-0.25, -0.2) is 4.98 Å². The molecule has 48 heavy (non-hydrogen) atoms. The molecule has 0 radical (unpaired) electrons. The third-order valence-corrected chi connectivity index (χ3v) is 10.3. The maximum absolute atomic E-state index is 13.4. The molecular weight excluding hydrogens is 600 g/mol. The van der Waals surface area contributed by atoms with Crippen molar-refractivity contribution in [2.45, 2.75) is 110 Å². The Morgan fingerprint density at radius 1 is 1.21 bits per heavy atom. The number of H-pyrrole nitrogens is 1. The second-order valence-electron chi connectivity index (χ2n) is 12.9. The van der Waals surface area contributed by atoms with Crippen molar-refractivity contribution < 1.29 is 9.59 Å². The van der Waals surface area contributed by atoms with Gasteiger partial charge in [0.15, 0.2) is 5.82 Å². The molecule has 4 N–H and O–H groups in total. The fourth-order valence-corrected chi connectivity index (χ4v) is 7.49. The number of hydrogen-bond acceptors (Lipinski definition) is 7. The van der Waals surface area contributed by atoms with E-state index in [9.17, 15) is 14.9 Å². The number of piperidine rings is 1. The molecular formula is C38H54N8O2. The van der Waals surface area contributed by atoms with Gasteiger partial charge in [-0.2, -0.15) is 10.4 Å². The van der Waals surface area contributed by atoms with E-state index in [4.69, 9.17) is 10.1 Å². The fourth-order valence-electron chi connectivity index (χ4n) is 7.49. The van der Waals surface area contributed by atoms with Crippen LogP contribution in [-0.2, 0) is 23.1 Å². The van der Waals surface area contributed by atoms with Gasteiger partial charge in [0.2, 0.25) is 5.91 Å². The average molecular weight is 655 g/mol. The number of benzene rings is 1. The maximum atomic E-state index is 13.4. The second kappa shape index (κ2) is 15.8. The number of likely N-dealkylation sites (N-methyl/N-ethyl adjacent to an activating group) is 1. The zero-order valence-corrected chi connectivity index (χ0v) is 30.1. The van der Waals surface area contributed by atoms with Crippen molar-refractivity contribution >= 4 is 11.8 Å². The first-order chi connectivity index (χ1) is 23.1. The summed E-state index contributed by atoms with van der Waals surface area (Å²) in [6.07, 6.45) is 7.67. The number of aromatic nitrogens is 3. The normalized spacial score (nSPS) is 23.5. The van der Waals surface area contributed by atoms with Gasteiger partial charge < -0.3 is 20.9 Å². The predicted molar refractivity (Wildman–Crippen MR) is 190 cm³/mol. The van der Waals surface area contributed by atoms with Crippen LogP contribution in [0.1, 0.15) is 107 Å². The Kier molecular flexibility index (Phi) is 12.0. The van der Waals surface area contributed by atoms with E-state index in [1.54, 1.807) is 11.9 Å². The van der Waals surface area contributed by atoms with Crippen molar-refractivity contribution in [1.29, 1.82) is 5.26 Å². The van der Waals surface area contributed by atoms with Crippen molar-refractivity contribution in [3.8, 4) is 6.07 Å². The molecule has 10 heteroatoms. The smallest absolute Gasteiger partial charge is 0.251 e. The van der Waals surface area contributed by atoms with Crippen LogP contribution in [0.25, 0.3) is 0 Å². The van der Waals surface area contributed by atoms with Crippen LogP contribution in [-0.4, -0.2) is 70.7 Å². The van der Waals surface area contributed by atoms with Gasteiger partial charge in [0.25, 0.3) is 5.91 Å². The first-order valence-corrected chi connectivity index (χ1v) is 17.6. The molecule has 2 amide bonds. The number of aromatic amines is 1. The summed E-state index contributed by atoms with van der Waals surface area (Å²) in [4.78, 5) is 33.0. The van der Waals surface area contributed by atoms with E-state index in [-0.39, 0.29) is 36.5 Å². The Morgan fingerprint density at radius 2 is 1.96 bits per heavy atom. The monoisotopic (exact) mass is 654 g/mol.